The fourth-order valence-electron chi connectivity index (χ4n) is 5.53. The molecule has 192 valence electrons. The van der Waals surface area contributed by atoms with Gasteiger partial charge in [0.05, 0.1) is 10.4 Å². The molecule has 0 aliphatic rings. The number of pyridine rings is 1. The summed E-state index contributed by atoms with van der Waals surface area (Å²) in [6.07, 6.45) is 2.89. The van der Waals surface area contributed by atoms with Crippen LogP contribution in [0.4, 0.5) is 0 Å². The summed E-state index contributed by atoms with van der Waals surface area (Å²) in [5, 5.41) is 5.02. The van der Waals surface area contributed by atoms with E-state index < -0.39 is 0 Å². The van der Waals surface area contributed by atoms with Crippen LogP contribution in [0.2, 0.25) is 0 Å². The Morgan fingerprint density at radius 3 is 2.34 bits per heavy atom. The van der Waals surface area contributed by atoms with Crippen molar-refractivity contribution in [1.29, 1.82) is 0 Å². The molecule has 3 heterocycles. The zero-order valence-corrected chi connectivity index (χ0v) is 24.2. The van der Waals surface area contributed by atoms with Gasteiger partial charge in [0.1, 0.15) is 11.3 Å². The number of nitrogens with zero attached hydrogens (tertiary/aromatic N) is 1. The van der Waals surface area contributed by atoms with E-state index >= 15 is 0 Å². The molecule has 3 aromatic carbocycles. The van der Waals surface area contributed by atoms with E-state index in [1.54, 1.807) is 0 Å². The fourth-order valence-corrected chi connectivity index (χ4v) is 6.84. The first-order valence-electron chi connectivity index (χ1n) is 13.4. The van der Waals surface area contributed by atoms with Crippen molar-refractivity contribution in [2.75, 3.05) is 0 Å². The second-order valence-electron chi connectivity index (χ2n) is 12.8. The molecular formula is C35H35NOS. The number of fused-ring (bicyclic) bond motifs is 3. The zero-order chi connectivity index (χ0) is 26.8. The Morgan fingerprint density at radius 2 is 1.58 bits per heavy atom. The average molecular weight is 518 g/mol. The Labute approximate surface area is 229 Å². The van der Waals surface area contributed by atoms with Crippen LogP contribution in [0.25, 0.3) is 53.5 Å². The second-order valence-corrected chi connectivity index (χ2v) is 13.8. The van der Waals surface area contributed by atoms with Crippen LogP contribution < -0.4 is 0 Å². The van der Waals surface area contributed by atoms with Gasteiger partial charge in [-0.2, -0.15) is 0 Å². The van der Waals surface area contributed by atoms with Gasteiger partial charge in [-0.1, -0.05) is 77.9 Å². The van der Waals surface area contributed by atoms with Crippen LogP contribution in [0, 0.1) is 12.3 Å². The van der Waals surface area contributed by atoms with Crippen molar-refractivity contribution in [1.82, 2.24) is 4.98 Å². The fraction of sp³-hybridized carbons (Fsp3) is 0.286. The predicted octanol–water partition coefficient (Wildman–Crippen LogP) is 10.7. The largest absolute Gasteiger partial charge is 0.461 e. The van der Waals surface area contributed by atoms with E-state index in [0.717, 1.165) is 23.5 Å². The summed E-state index contributed by atoms with van der Waals surface area (Å²) >= 11 is 1.84. The van der Waals surface area contributed by atoms with Gasteiger partial charge in [-0.3, -0.25) is 4.98 Å². The molecule has 38 heavy (non-hydrogen) atoms. The third kappa shape index (κ3) is 4.43. The summed E-state index contributed by atoms with van der Waals surface area (Å²) in [5.74, 6) is 1.05. The molecule has 0 atom stereocenters. The molecule has 3 aromatic heterocycles. The lowest BCUT2D eigenvalue weighted by Crippen LogP contribution is -2.12. The van der Waals surface area contributed by atoms with Crippen LogP contribution in [0.15, 0.2) is 77.3 Å². The molecule has 0 saturated heterocycles. The number of aryl methyl sites for hydroxylation is 1. The highest BCUT2D eigenvalue weighted by Crippen LogP contribution is 2.44. The molecule has 3 heteroatoms. The smallest absolute Gasteiger partial charge is 0.134 e. The first kappa shape index (κ1) is 24.9. The molecule has 0 N–H and O–H groups in total. The number of thiophene rings is 1. The molecular weight excluding hydrogens is 482 g/mol. The lowest BCUT2D eigenvalue weighted by atomic mass is 9.82. The van der Waals surface area contributed by atoms with E-state index in [-0.39, 0.29) is 10.8 Å². The maximum Gasteiger partial charge on any atom is 0.134 e. The highest BCUT2D eigenvalue weighted by atomic mass is 32.1. The SMILES string of the molecule is Cc1c(-c2ccc3cc(CC(C)(C)C)oc3c2)sc2c(-c3cc(C(C)(C)C)c4ccccc4c3)nccc12. The normalized spacial score (nSPS) is 12.7. The maximum atomic E-state index is 6.29. The summed E-state index contributed by atoms with van der Waals surface area (Å²) < 4.78 is 7.53. The summed E-state index contributed by atoms with van der Waals surface area (Å²) in [6, 6.07) is 24.3. The van der Waals surface area contributed by atoms with Crippen LogP contribution in [0.5, 0.6) is 0 Å². The van der Waals surface area contributed by atoms with E-state index in [9.17, 15) is 0 Å². The van der Waals surface area contributed by atoms with E-state index in [0.29, 0.717) is 0 Å². The third-order valence-corrected chi connectivity index (χ3v) is 8.70. The minimum atomic E-state index is 0.0321. The molecule has 0 amide bonds. The average Bonchev–Trinajstić information content (AvgIpc) is 3.40. The molecule has 6 aromatic rings. The zero-order valence-electron chi connectivity index (χ0n) is 23.4. The Morgan fingerprint density at radius 1 is 0.789 bits per heavy atom. The monoisotopic (exact) mass is 517 g/mol. The minimum absolute atomic E-state index is 0.0321. The highest BCUT2D eigenvalue weighted by Gasteiger charge is 2.21. The van der Waals surface area contributed by atoms with Gasteiger partial charge in [0, 0.05) is 28.4 Å². The number of rotatable bonds is 3. The highest BCUT2D eigenvalue weighted by molar-refractivity contribution is 7.23. The molecule has 0 saturated carbocycles. The molecule has 0 unspecified atom stereocenters. The summed E-state index contributed by atoms with van der Waals surface area (Å²) in [7, 11) is 0. The standard InChI is InChI=1S/C35H35NOS/c1-21-27-14-15-36-31(25-16-22-10-8-9-11-28(22)29(18-25)35(5,6)7)33(27)38-32(21)24-13-12-23-17-26(20-34(2,3)4)37-30(23)19-24/h8-19H,20H2,1-7H3. The molecule has 0 aliphatic heterocycles. The summed E-state index contributed by atoms with van der Waals surface area (Å²) in [5.41, 5.74) is 7.28. The van der Waals surface area contributed by atoms with Crippen molar-refractivity contribution < 1.29 is 4.42 Å². The quantitative estimate of drug-likeness (QED) is 0.233. The number of aromatic nitrogens is 1. The van der Waals surface area contributed by atoms with E-state index in [4.69, 9.17) is 9.40 Å². The van der Waals surface area contributed by atoms with Crippen LogP contribution in [0.1, 0.15) is 58.4 Å². The summed E-state index contributed by atoms with van der Waals surface area (Å²) in [4.78, 5) is 6.21. The van der Waals surface area contributed by atoms with Crippen LogP contribution in [0.3, 0.4) is 0 Å². The van der Waals surface area contributed by atoms with Crippen LogP contribution >= 0.6 is 11.3 Å². The van der Waals surface area contributed by atoms with Crippen LogP contribution in [-0.4, -0.2) is 4.98 Å². The Bertz CT molecular complexity index is 1820. The van der Waals surface area contributed by atoms with Gasteiger partial charge < -0.3 is 4.42 Å². The van der Waals surface area contributed by atoms with E-state index in [1.807, 2.05) is 17.5 Å². The Kier molecular flexibility index (Phi) is 5.77. The number of hydrogen-bond acceptors (Lipinski definition) is 3. The molecule has 0 radical (unpaired) electrons. The van der Waals surface area contributed by atoms with Gasteiger partial charge in [0.15, 0.2) is 0 Å². The molecule has 0 aliphatic carbocycles. The lowest BCUT2D eigenvalue weighted by molar-refractivity contribution is 0.370. The Balaban J connectivity index is 1.50. The van der Waals surface area contributed by atoms with Gasteiger partial charge in [0.2, 0.25) is 0 Å². The van der Waals surface area contributed by atoms with Crippen molar-refractivity contribution in [3.05, 3.63) is 89.8 Å². The molecule has 0 spiro atoms. The van der Waals surface area contributed by atoms with Gasteiger partial charge in [-0.05, 0) is 80.9 Å². The topological polar surface area (TPSA) is 26.0 Å². The van der Waals surface area contributed by atoms with Crippen molar-refractivity contribution in [3.8, 4) is 21.7 Å². The van der Waals surface area contributed by atoms with Crippen LogP contribution in [-0.2, 0) is 11.8 Å². The van der Waals surface area contributed by atoms with Crippen molar-refractivity contribution in [2.45, 2.75) is 60.3 Å². The number of hydrogen-bond donors (Lipinski definition) is 0. The van der Waals surface area contributed by atoms with Gasteiger partial charge >= 0.3 is 0 Å². The van der Waals surface area contributed by atoms with Gasteiger partial charge in [0.25, 0.3) is 0 Å². The van der Waals surface area contributed by atoms with Crippen molar-refractivity contribution >= 4 is 43.2 Å². The second kappa shape index (κ2) is 8.81. The summed E-state index contributed by atoms with van der Waals surface area (Å²) in [6.45, 7) is 15.8. The minimum Gasteiger partial charge on any atom is -0.461 e. The van der Waals surface area contributed by atoms with Gasteiger partial charge in [-0.25, -0.2) is 0 Å². The lowest BCUT2D eigenvalue weighted by Gasteiger charge is -2.22. The van der Waals surface area contributed by atoms with E-state index in [1.165, 1.54) is 53.4 Å². The molecule has 0 bridgehead atoms. The number of furan rings is 1. The molecule has 6 rings (SSSR count). The van der Waals surface area contributed by atoms with Crippen molar-refractivity contribution in [3.63, 3.8) is 0 Å². The van der Waals surface area contributed by atoms with Crippen molar-refractivity contribution in [2.24, 2.45) is 5.41 Å². The van der Waals surface area contributed by atoms with Gasteiger partial charge in [-0.15, -0.1) is 11.3 Å². The molecule has 2 nitrogen and oxygen atoms in total. The number of benzene rings is 3. The first-order valence-corrected chi connectivity index (χ1v) is 14.2. The Hall–Kier alpha value is -3.43. The third-order valence-electron chi connectivity index (χ3n) is 7.33. The predicted molar refractivity (Wildman–Crippen MR) is 164 cm³/mol. The maximum absolute atomic E-state index is 6.29. The first-order chi connectivity index (χ1) is 18.0. The molecule has 0 fully saturated rings. The van der Waals surface area contributed by atoms with E-state index in [2.05, 4.69) is 115 Å².